The molecule has 3 aromatic rings. The molecule has 0 spiro atoms. The summed E-state index contributed by atoms with van der Waals surface area (Å²) >= 11 is 0. The van der Waals surface area contributed by atoms with Crippen molar-refractivity contribution in [2.75, 3.05) is 6.61 Å². The molecule has 4 unspecified atom stereocenters. The van der Waals surface area contributed by atoms with Gasteiger partial charge in [0.05, 0.1) is 35.6 Å². The normalized spacial score (nSPS) is 30.7. The number of esters is 3. The Labute approximate surface area is 433 Å². The van der Waals surface area contributed by atoms with Crippen LogP contribution >= 0.6 is 0 Å². The first-order valence-electron chi connectivity index (χ1n) is 26.0. The van der Waals surface area contributed by atoms with Gasteiger partial charge >= 0.3 is 17.9 Å². The van der Waals surface area contributed by atoms with E-state index in [2.05, 4.69) is 26.1 Å². The molecular formula is C57H77NO13Si2. The van der Waals surface area contributed by atoms with E-state index in [1.165, 1.54) is 6.92 Å². The SMILES string of the molecule is CC[Si](CC)(CC)O[C@H]1CC2OC[C@@]2(OC(C)=O)[C@H]2[C@H](OC(=O)c3ccccc3)[C@]3(O)C[C@H](OC(=O)[C@H](O[Si](C)(C)C(C)(C)C)[C@@H](NC(=O)c4ccccc4)c4ccccc4)C(C)C(C(=O)C(=O)C12C)C3(C)C. The first-order chi connectivity index (χ1) is 34.2. The first-order valence-corrected chi connectivity index (χ1v) is 31.5. The summed E-state index contributed by atoms with van der Waals surface area (Å²) in [6.45, 7) is 24.0. The molecule has 2 bridgehead atoms. The maximum absolute atomic E-state index is 16.0. The van der Waals surface area contributed by atoms with E-state index in [0.717, 1.165) is 0 Å². The lowest BCUT2D eigenvalue weighted by Crippen LogP contribution is -2.83. The molecule has 0 radical (unpaired) electrons. The van der Waals surface area contributed by atoms with E-state index in [1.54, 1.807) is 113 Å². The predicted molar refractivity (Wildman–Crippen MR) is 279 cm³/mol. The average Bonchev–Trinajstić information content (AvgIpc) is 3.35. The number of amides is 1. The highest BCUT2D eigenvalue weighted by Crippen LogP contribution is 2.65. The van der Waals surface area contributed by atoms with E-state index in [9.17, 15) is 19.5 Å². The van der Waals surface area contributed by atoms with Crippen molar-refractivity contribution in [1.82, 2.24) is 5.32 Å². The monoisotopic (exact) mass is 1040 g/mol. The van der Waals surface area contributed by atoms with Crippen LogP contribution in [-0.2, 0) is 47.0 Å². The van der Waals surface area contributed by atoms with Crippen molar-refractivity contribution < 1.29 is 61.7 Å². The Morgan fingerprint density at radius 3 is 1.89 bits per heavy atom. The number of nitrogens with one attached hydrogen (secondary N) is 1. The van der Waals surface area contributed by atoms with Crippen molar-refractivity contribution in [2.24, 2.45) is 28.6 Å². The predicted octanol–water partition coefficient (Wildman–Crippen LogP) is 9.37. The molecule has 396 valence electrons. The summed E-state index contributed by atoms with van der Waals surface area (Å²) in [7, 11) is -5.52. The number of ketones is 2. The van der Waals surface area contributed by atoms with Crippen LogP contribution in [0.3, 0.4) is 0 Å². The number of carbonyl (C=O) groups is 6. The molecule has 1 aliphatic heterocycles. The van der Waals surface area contributed by atoms with Crippen LogP contribution in [0.2, 0.25) is 36.3 Å². The van der Waals surface area contributed by atoms with E-state index in [4.69, 9.17) is 27.8 Å². The summed E-state index contributed by atoms with van der Waals surface area (Å²) < 4.78 is 40.4. The summed E-state index contributed by atoms with van der Waals surface area (Å²) in [6, 6.07) is 26.9. The molecule has 4 fully saturated rings. The number of carbonyl (C=O) groups excluding carboxylic acids is 6. The Morgan fingerprint density at radius 1 is 0.836 bits per heavy atom. The van der Waals surface area contributed by atoms with Gasteiger partial charge in [-0.05, 0) is 73.0 Å². The third-order valence-corrected chi connectivity index (χ3v) is 27.1. The zero-order valence-electron chi connectivity index (χ0n) is 44.9. The maximum atomic E-state index is 16.0. The fraction of sp³-hybridized carbons (Fsp3) is 0.579. The Kier molecular flexibility index (Phi) is 15.8. The number of aliphatic hydroxyl groups is 1. The molecule has 3 saturated carbocycles. The lowest BCUT2D eigenvalue weighted by Gasteiger charge is -2.68. The summed E-state index contributed by atoms with van der Waals surface area (Å²) in [5.41, 5.74) is -6.32. The largest absolute Gasteiger partial charge is 0.460 e. The van der Waals surface area contributed by atoms with Gasteiger partial charge in [-0.25, -0.2) is 9.59 Å². The average molecular weight is 1040 g/mol. The molecule has 4 aliphatic rings. The fourth-order valence-electron chi connectivity index (χ4n) is 12.3. The minimum absolute atomic E-state index is 0.0920. The molecular weight excluding hydrogens is 963 g/mol. The third-order valence-electron chi connectivity index (χ3n) is 18.0. The zero-order valence-corrected chi connectivity index (χ0v) is 46.9. The molecule has 1 saturated heterocycles. The van der Waals surface area contributed by atoms with Gasteiger partial charge in [0.25, 0.3) is 5.91 Å². The highest BCUT2D eigenvalue weighted by molar-refractivity contribution is 6.74. The summed E-state index contributed by atoms with van der Waals surface area (Å²) in [5, 5.41) is 16.9. The van der Waals surface area contributed by atoms with Gasteiger partial charge in [0.1, 0.15) is 23.9 Å². The van der Waals surface area contributed by atoms with Crippen molar-refractivity contribution in [2.45, 2.75) is 173 Å². The number of fused-ring (bicyclic) bond motifs is 5. The minimum Gasteiger partial charge on any atom is -0.460 e. The van der Waals surface area contributed by atoms with Crippen molar-refractivity contribution in [3.05, 3.63) is 108 Å². The van der Waals surface area contributed by atoms with Crippen LogP contribution in [0, 0.1) is 28.6 Å². The van der Waals surface area contributed by atoms with Crippen LogP contribution < -0.4 is 5.32 Å². The molecule has 3 aromatic carbocycles. The summed E-state index contributed by atoms with van der Waals surface area (Å²) in [5.74, 6) is -8.15. The van der Waals surface area contributed by atoms with Gasteiger partial charge in [-0.3, -0.25) is 19.2 Å². The van der Waals surface area contributed by atoms with Crippen molar-refractivity contribution in [3.8, 4) is 0 Å². The molecule has 16 heteroatoms. The van der Waals surface area contributed by atoms with E-state index < -0.39 is 140 Å². The van der Waals surface area contributed by atoms with Gasteiger partial charge in [0.2, 0.25) is 11.6 Å². The molecule has 73 heavy (non-hydrogen) atoms. The Hall–Kier alpha value is -4.85. The van der Waals surface area contributed by atoms with E-state index in [1.807, 2.05) is 39.9 Å². The smallest absolute Gasteiger partial charge is 0.338 e. The van der Waals surface area contributed by atoms with Crippen LogP contribution in [0.5, 0.6) is 0 Å². The zero-order chi connectivity index (χ0) is 53.7. The van der Waals surface area contributed by atoms with Gasteiger partial charge in [0, 0.05) is 42.6 Å². The molecule has 12 atom stereocenters. The second kappa shape index (κ2) is 20.7. The summed E-state index contributed by atoms with van der Waals surface area (Å²) in [4.78, 5) is 89.7. The van der Waals surface area contributed by atoms with Crippen LogP contribution in [0.4, 0.5) is 0 Å². The molecule has 2 N–H and O–H groups in total. The minimum atomic E-state index is -2.91. The van der Waals surface area contributed by atoms with Crippen LogP contribution in [0.15, 0.2) is 91.0 Å². The summed E-state index contributed by atoms with van der Waals surface area (Å²) in [6.07, 6.45) is -6.62. The van der Waals surface area contributed by atoms with Gasteiger partial charge in [0.15, 0.2) is 28.3 Å². The molecule has 1 heterocycles. The van der Waals surface area contributed by atoms with E-state index in [0.29, 0.717) is 29.3 Å². The Morgan fingerprint density at radius 2 is 1.38 bits per heavy atom. The number of hydrogen-bond donors (Lipinski definition) is 2. The van der Waals surface area contributed by atoms with Crippen molar-refractivity contribution in [1.29, 1.82) is 0 Å². The number of rotatable bonds is 16. The Balaban J connectivity index is 1.42. The number of Topliss-reactive ketones (excluding diaryl/α,β-unsaturated/α-hetero) is 2. The highest BCUT2D eigenvalue weighted by atomic mass is 28.4. The molecule has 0 aromatic heterocycles. The standard InChI is InChI=1S/C57H77NO13Si2/c1-14-73(15-2,16-3)70-41-32-42-56(34-66-42,69-36(5)59)47-49(68-51(63)39-30-24-19-25-31-39)57(65)33-40(35(4)43(54(57,9)10)45(60)48(61)55(41,47)11)67-52(64)46(71-72(12,13)53(6,7)8)44(37-26-20-17-21-27-37)58-50(62)38-28-22-18-23-29-38/h17-31,35,40-44,46-47,49,65H,14-16,32-34H2,1-13H3,(H,58,62)/t35?,40-,41-,42?,43?,44-,46+,47-,49-,55?,56-,57+/m0/s1. The topological polar surface area (TPSA) is 190 Å². The van der Waals surface area contributed by atoms with Crippen molar-refractivity contribution in [3.63, 3.8) is 0 Å². The lowest BCUT2D eigenvalue weighted by atomic mass is 9.42. The quantitative estimate of drug-likeness (QED) is 0.0598. The second-order valence-electron chi connectivity index (χ2n) is 23.3. The lowest BCUT2D eigenvalue weighted by molar-refractivity contribution is -0.348. The van der Waals surface area contributed by atoms with Crippen molar-refractivity contribution >= 4 is 52.0 Å². The van der Waals surface area contributed by atoms with Crippen LogP contribution in [0.25, 0.3) is 0 Å². The molecule has 14 nitrogen and oxygen atoms in total. The number of hydrogen-bond acceptors (Lipinski definition) is 13. The maximum Gasteiger partial charge on any atom is 0.338 e. The molecule has 7 rings (SSSR count). The van der Waals surface area contributed by atoms with Gasteiger partial charge in [-0.1, -0.05) is 129 Å². The fourth-order valence-corrected chi connectivity index (χ4v) is 16.5. The molecule has 1 amide bonds. The van der Waals surface area contributed by atoms with Gasteiger partial charge < -0.3 is 38.2 Å². The van der Waals surface area contributed by atoms with Crippen LogP contribution in [-0.4, -0.2) is 105 Å². The second-order valence-corrected chi connectivity index (χ2v) is 32.7. The van der Waals surface area contributed by atoms with E-state index >= 15 is 14.4 Å². The Bertz CT molecular complexity index is 2520. The number of ether oxygens (including phenoxy) is 4. The first kappa shape index (κ1) is 55.9. The van der Waals surface area contributed by atoms with Gasteiger partial charge in [-0.2, -0.15) is 0 Å². The molecule has 3 aliphatic carbocycles. The highest BCUT2D eigenvalue weighted by Gasteiger charge is 2.79. The van der Waals surface area contributed by atoms with E-state index in [-0.39, 0.29) is 18.6 Å². The van der Waals surface area contributed by atoms with Crippen LogP contribution in [0.1, 0.15) is 121 Å². The third kappa shape index (κ3) is 9.85. The number of benzene rings is 3. The van der Waals surface area contributed by atoms with Gasteiger partial charge in [-0.15, -0.1) is 0 Å².